The maximum Gasteiger partial charge on any atom is 1.00 e. The molecule has 0 saturated heterocycles. The van der Waals surface area contributed by atoms with Crippen LogP contribution in [0, 0.1) is 0 Å². The van der Waals surface area contributed by atoms with Crippen molar-refractivity contribution in [2.45, 2.75) is 0 Å². The average Bonchev–Trinajstić information content (AvgIpc) is 2.27. The van der Waals surface area contributed by atoms with Gasteiger partial charge in [0.05, 0.1) is 5.97 Å². The number of carbonyl (C=O) groups is 1. The van der Waals surface area contributed by atoms with Crippen LogP contribution in [0.2, 0.25) is 0 Å². The molecule has 16 heavy (non-hydrogen) atoms. The SMILES string of the molecule is C=Cc1ccc(C(=O)[O-])c2ccccc12.[K+]. The molecule has 0 aromatic heterocycles. The van der Waals surface area contributed by atoms with Crippen molar-refractivity contribution in [1.82, 2.24) is 0 Å². The van der Waals surface area contributed by atoms with E-state index in [1.54, 1.807) is 24.3 Å². The molecule has 0 aliphatic heterocycles. The van der Waals surface area contributed by atoms with Crippen LogP contribution in [0.25, 0.3) is 16.8 Å². The van der Waals surface area contributed by atoms with Crippen molar-refractivity contribution in [3.8, 4) is 0 Å². The minimum absolute atomic E-state index is 0. The Hall–Kier alpha value is -0.454. The molecule has 2 rings (SSSR count). The van der Waals surface area contributed by atoms with Gasteiger partial charge in [0.25, 0.3) is 0 Å². The molecule has 3 heteroatoms. The van der Waals surface area contributed by atoms with E-state index in [-0.39, 0.29) is 56.9 Å². The molecule has 2 aromatic carbocycles. The van der Waals surface area contributed by atoms with Gasteiger partial charge in [-0.15, -0.1) is 0 Å². The van der Waals surface area contributed by atoms with Gasteiger partial charge in [0.2, 0.25) is 0 Å². The van der Waals surface area contributed by atoms with Crippen LogP contribution in [-0.2, 0) is 0 Å². The number of carboxylic acids is 1. The minimum atomic E-state index is -1.15. The summed E-state index contributed by atoms with van der Waals surface area (Å²) in [7, 11) is 0. The molecule has 2 aromatic rings. The molecule has 0 atom stereocenters. The first-order valence-corrected chi connectivity index (χ1v) is 4.59. The van der Waals surface area contributed by atoms with Crippen LogP contribution >= 0.6 is 0 Å². The number of rotatable bonds is 2. The van der Waals surface area contributed by atoms with E-state index >= 15 is 0 Å². The van der Waals surface area contributed by atoms with Gasteiger partial charge < -0.3 is 9.90 Å². The van der Waals surface area contributed by atoms with E-state index in [1.807, 2.05) is 18.2 Å². The van der Waals surface area contributed by atoms with Crippen molar-refractivity contribution in [3.63, 3.8) is 0 Å². The molecule has 0 unspecified atom stereocenters. The molecule has 0 bridgehead atoms. The zero-order valence-corrected chi connectivity index (χ0v) is 12.2. The first-order valence-electron chi connectivity index (χ1n) is 4.59. The van der Waals surface area contributed by atoms with Crippen LogP contribution < -0.4 is 56.5 Å². The van der Waals surface area contributed by atoms with Crippen molar-refractivity contribution in [2.24, 2.45) is 0 Å². The number of carbonyl (C=O) groups excluding carboxylic acids is 1. The molecule has 0 spiro atoms. The second-order valence-corrected chi connectivity index (χ2v) is 3.24. The summed E-state index contributed by atoms with van der Waals surface area (Å²) in [5.74, 6) is -1.15. The first kappa shape index (κ1) is 13.6. The summed E-state index contributed by atoms with van der Waals surface area (Å²) in [5.41, 5.74) is 1.15. The average molecular weight is 236 g/mol. The van der Waals surface area contributed by atoms with E-state index < -0.39 is 5.97 Å². The molecule has 2 nitrogen and oxygen atoms in total. The number of hydrogen-bond acceptors (Lipinski definition) is 2. The summed E-state index contributed by atoms with van der Waals surface area (Å²) >= 11 is 0. The normalized spacial score (nSPS) is 9.50. The van der Waals surface area contributed by atoms with Crippen LogP contribution in [0.4, 0.5) is 0 Å². The Labute approximate surface area is 136 Å². The third-order valence-electron chi connectivity index (χ3n) is 2.40. The number of carboxylic acid groups (broad SMARTS) is 1. The molecule has 0 radical (unpaired) electrons. The fourth-order valence-corrected chi connectivity index (χ4v) is 1.68. The summed E-state index contributed by atoms with van der Waals surface area (Å²) in [6.07, 6.45) is 1.71. The first-order chi connectivity index (χ1) is 7.24. The maximum absolute atomic E-state index is 10.9. The van der Waals surface area contributed by atoms with Gasteiger partial charge in [-0.05, 0) is 16.3 Å². The largest absolute Gasteiger partial charge is 1.00 e. The summed E-state index contributed by atoms with van der Waals surface area (Å²) < 4.78 is 0. The Kier molecular flexibility index (Phi) is 4.89. The summed E-state index contributed by atoms with van der Waals surface area (Å²) in [5, 5.41) is 12.5. The molecule has 0 aliphatic rings. The van der Waals surface area contributed by atoms with Gasteiger partial charge in [-0.2, -0.15) is 0 Å². The van der Waals surface area contributed by atoms with Gasteiger partial charge in [0, 0.05) is 5.56 Å². The van der Waals surface area contributed by atoms with Crippen molar-refractivity contribution in [2.75, 3.05) is 0 Å². The van der Waals surface area contributed by atoms with Crippen LogP contribution in [-0.4, -0.2) is 5.97 Å². The van der Waals surface area contributed by atoms with Gasteiger partial charge in [-0.1, -0.05) is 49.1 Å². The Bertz CT molecular complexity index is 547. The van der Waals surface area contributed by atoms with Gasteiger partial charge in [0.1, 0.15) is 0 Å². The zero-order valence-electron chi connectivity index (χ0n) is 9.07. The molecule has 0 saturated carbocycles. The Morgan fingerprint density at radius 1 is 1.12 bits per heavy atom. The number of aromatic carboxylic acids is 1. The van der Waals surface area contributed by atoms with E-state index in [2.05, 4.69) is 6.58 Å². The third kappa shape index (κ3) is 2.44. The third-order valence-corrected chi connectivity index (χ3v) is 2.40. The van der Waals surface area contributed by atoms with E-state index in [1.165, 1.54) is 0 Å². The fourth-order valence-electron chi connectivity index (χ4n) is 1.68. The Morgan fingerprint density at radius 3 is 2.31 bits per heavy atom. The summed E-state index contributed by atoms with van der Waals surface area (Å²) in [6, 6.07) is 10.6. The second-order valence-electron chi connectivity index (χ2n) is 3.24. The number of fused-ring (bicyclic) bond motifs is 1. The van der Waals surface area contributed by atoms with Crippen LogP contribution in [0.3, 0.4) is 0 Å². The van der Waals surface area contributed by atoms with E-state index in [9.17, 15) is 9.90 Å². The smallest absolute Gasteiger partial charge is 0.545 e. The van der Waals surface area contributed by atoms with Crippen LogP contribution in [0.15, 0.2) is 43.0 Å². The van der Waals surface area contributed by atoms with Crippen molar-refractivity contribution in [3.05, 3.63) is 54.1 Å². The molecule has 74 valence electrons. The molecule has 0 aliphatic carbocycles. The topological polar surface area (TPSA) is 40.1 Å². The van der Waals surface area contributed by atoms with Gasteiger partial charge in [0.15, 0.2) is 0 Å². The van der Waals surface area contributed by atoms with Crippen molar-refractivity contribution in [1.29, 1.82) is 0 Å². The van der Waals surface area contributed by atoms with E-state index in [0.717, 1.165) is 10.9 Å². The molecule has 0 heterocycles. The van der Waals surface area contributed by atoms with Gasteiger partial charge >= 0.3 is 51.4 Å². The molecule has 0 fully saturated rings. The number of benzene rings is 2. The second kappa shape index (κ2) is 5.75. The maximum atomic E-state index is 10.9. The molecule has 0 amide bonds. The standard InChI is InChI=1S/C13H10O2.K/c1-2-9-7-8-12(13(14)15)11-6-4-3-5-10(9)11;/h2-8H,1H2,(H,14,15);/q;+1/p-1. The van der Waals surface area contributed by atoms with E-state index in [0.29, 0.717) is 5.39 Å². The Morgan fingerprint density at radius 2 is 1.75 bits per heavy atom. The van der Waals surface area contributed by atoms with Crippen molar-refractivity contribution >= 4 is 22.8 Å². The number of hydrogen-bond donors (Lipinski definition) is 0. The fraction of sp³-hybridized carbons (Fsp3) is 0. The minimum Gasteiger partial charge on any atom is -0.545 e. The predicted molar refractivity (Wildman–Crippen MR) is 58.4 cm³/mol. The summed E-state index contributed by atoms with van der Waals surface area (Å²) in [6.45, 7) is 3.69. The summed E-state index contributed by atoms with van der Waals surface area (Å²) in [4.78, 5) is 10.9. The zero-order chi connectivity index (χ0) is 10.8. The molecular formula is C13H9KO2. The van der Waals surface area contributed by atoms with Crippen molar-refractivity contribution < 1.29 is 61.3 Å². The van der Waals surface area contributed by atoms with Gasteiger partial charge in [-0.3, -0.25) is 0 Å². The van der Waals surface area contributed by atoms with Crippen LogP contribution in [0.5, 0.6) is 0 Å². The van der Waals surface area contributed by atoms with Gasteiger partial charge in [-0.25, -0.2) is 0 Å². The Balaban J connectivity index is 0.00000128. The van der Waals surface area contributed by atoms with E-state index in [4.69, 9.17) is 0 Å². The molecular weight excluding hydrogens is 227 g/mol. The quantitative estimate of drug-likeness (QED) is 0.618. The van der Waals surface area contributed by atoms with Crippen LogP contribution in [0.1, 0.15) is 15.9 Å². The predicted octanol–water partition coefficient (Wildman–Crippen LogP) is -1.15. The monoisotopic (exact) mass is 236 g/mol. The molecule has 0 N–H and O–H groups in total.